The Balaban J connectivity index is 1.16. The van der Waals surface area contributed by atoms with Crippen LogP contribution < -0.4 is 4.90 Å². The zero-order valence-corrected chi connectivity index (χ0v) is 21.3. The molecule has 0 radical (unpaired) electrons. The number of thioether (sulfide) groups is 1. The van der Waals surface area contributed by atoms with Crippen molar-refractivity contribution in [2.24, 2.45) is 13.0 Å². The second kappa shape index (κ2) is 10.1. The lowest BCUT2D eigenvalue weighted by atomic mass is 9.87. The van der Waals surface area contributed by atoms with E-state index in [1.54, 1.807) is 12.1 Å². The number of thiophene rings is 1. The number of hydrogen-bond donors (Lipinski definition) is 0. The Hall–Kier alpha value is -2.39. The van der Waals surface area contributed by atoms with E-state index in [1.807, 2.05) is 27.9 Å². The Labute approximate surface area is 208 Å². The first-order valence-corrected chi connectivity index (χ1v) is 13.7. The van der Waals surface area contributed by atoms with Gasteiger partial charge in [0.1, 0.15) is 5.82 Å². The van der Waals surface area contributed by atoms with Gasteiger partial charge in [-0.3, -0.25) is 4.79 Å². The Morgan fingerprint density at radius 1 is 1.18 bits per heavy atom. The number of aromatic nitrogens is 3. The fourth-order valence-electron chi connectivity index (χ4n) is 4.80. The van der Waals surface area contributed by atoms with Crippen molar-refractivity contribution in [2.45, 2.75) is 37.8 Å². The molecule has 0 bridgehead atoms. The summed E-state index contributed by atoms with van der Waals surface area (Å²) in [5.41, 5.74) is 2.47. The van der Waals surface area contributed by atoms with Crippen LogP contribution in [0.4, 0.5) is 10.1 Å². The molecular formula is C25H30FN5OS2. The van der Waals surface area contributed by atoms with Crippen molar-refractivity contribution in [2.75, 3.05) is 36.8 Å². The predicted octanol–water partition coefficient (Wildman–Crippen LogP) is 4.64. The van der Waals surface area contributed by atoms with Crippen LogP contribution in [-0.2, 0) is 24.7 Å². The van der Waals surface area contributed by atoms with Crippen LogP contribution in [0.1, 0.15) is 30.2 Å². The SMILES string of the molecule is CCC1CCc2sc(-c3nnc(SCC(=O)N4CCN(c5ccc(F)cc5)CC4)n3C)cc2C1. The molecular weight excluding hydrogens is 469 g/mol. The molecule has 0 saturated carbocycles. The first-order valence-electron chi connectivity index (χ1n) is 11.9. The number of piperazine rings is 1. The quantitative estimate of drug-likeness (QED) is 0.463. The van der Waals surface area contributed by atoms with Crippen molar-refractivity contribution in [1.82, 2.24) is 19.7 Å². The molecule has 1 fully saturated rings. The number of aryl methyl sites for hydroxylation is 1. The summed E-state index contributed by atoms with van der Waals surface area (Å²) in [6.45, 7) is 5.11. The predicted molar refractivity (Wildman–Crippen MR) is 136 cm³/mol. The largest absolute Gasteiger partial charge is 0.368 e. The van der Waals surface area contributed by atoms with Crippen LogP contribution in [0.2, 0.25) is 0 Å². The number of hydrogen-bond acceptors (Lipinski definition) is 6. The highest BCUT2D eigenvalue weighted by Crippen LogP contribution is 2.38. The monoisotopic (exact) mass is 499 g/mol. The fourth-order valence-corrected chi connectivity index (χ4v) is 6.84. The minimum absolute atomic E-state index is 0.116. The van der Waals surface area contributed by atoms with E-state index in [4.69, 9.17) is 0 Å². The van der Waals surface area contributed by atoms with E-state index < -0.39 is 0 Å². The average molecular weight is 500 g/mol. The number of anilines is 1. The summed E-state index contributed by atoms with van der Waals surface area (Å²) in [5.74, 6) is 1.91. The maximum absolute atomic E-state index is 13.2. The smallest absolute Gasteiger partial charge is 0.233 e. The highest BCUT2D eigenvalue weighted by Gasteiger charge is 2.24. The zero-order chi connectivity index (χ0) is 23.7. The molecule has 0 N–H and O–H groups in total. The van der Waals surface area contributed by atoms with E-state index in [9.17, 15) is 9.18 Å². The summed E-state index contributed by atoms with van der Waals surface area (Å²) in [7, 11) is 1.98. The van der Waals surface area contributed by atoms with Crippen molar-refractivity contribution in [3.05, 3.63) is 46.6 Å². The summed E-state index contributed by atoms with van der Waals surface area (Å²) >= 11 is 3.29. The lowest BCUT2D eigenvalue weighted by Crippen LogP contribution is -2.49. The molecule has 1 aromatic carbocycles. The Morgan fingerprint density at radius 3 is 2.68 bits per heavy atom. The number of fused-ring (bicyclic) bond motifs is 1. The van der Waals surface area contributed by atoms with Gasteiger partial charge < -0.3 is 14.4 Å². The lowest BCUT2D eigenvalue weighted by Gasteiger charge is -2.36. The summed E-state index contributed by atoms with van der Waals surface area (Å²) < 4.78 is 15.2. The van der Waals surface area contributed by atoms with Gasteiger partial charge in [0.05, 0.1) is 10.6 Å². The maximum atomic E-state index is 13.2. The second-order valence-corrected chi connectivity index (χ2v) is 11.2. The van der Waals surface area contributed by atoms with E-state index >= 15 is 0 Å². The van der Waals surface area contributed by atoms with E-state index in [-0.39, 0.29) is 11.7 Å². The third-order valence-electron chi connectivity index (χ3n) is 6.97. The van der Waals surface area contributed by atoms with Gasteiger partial charge in [-0.15, -0.1) is 21.5 Å². The summed E-state index contributed by atoms with van der Waals surface area (Å²) in [4.78, 5) is 19.6. The van der Waals surface area contributed by atoms with Gasteiger partial charge in [0.15, 0.2) is 11.0 Å². The van der Waals surface area contributed by atoms with E-state index in [0.29, 0.717) is 18.8 Å². The molecule has 1 aliphatic carbocycles. The molecule has 1 unspecified atom stereocenters. The number of halogens is 1. The Bertz CT molecular complexity index is 1150. The number of amides is 1. The van der Waals surface area contributed by atoms with Crippen molar-refractivity contribution in [1.29, 1.82) is 0 Å². The molecule has 2 aliphatic rings. The van der Waals surface area contributed by atoms with Gasteiger partial charge in [0, 0.05) is 43.8 Å². The molecule has 9 heteroatoms. The first-order chi connectivity index (χ1) is 16.5. The minimum Gasteiger partial charge on any atom is -0.368 e. The molecule has 0 spiro atoms. The van der Waals surface area contributed by atoms with Crippen molar-refractivity contribution in [3.63, 3.8) is 0 Å². The van der Waals surface area contributed by atoms with Gasteiger partial charge in [0.2, 0.25) is 5.91 Å². The van der Waals surface area contributed by atoms with E-state index in [2.05, 4.69) is 28.1 Å². The van der Waals surface area contributed by atoms with Crippen molar-refractivity contribution in [3.8, 4) is 10.7 Å². The number of carbonyl (C=O) groups excluding carboxylic acids is 1. The summed E-state index contributed by atoms with van der Waals surface area (Å²) in [6, 6.07) is 8.84. The van der Waals surface area contributed by atoms with Crippen LogP contribution in [0, 0.1) is 11.7 Å². The van der Waals surface area contributed by atoms with Crippen molar-refractivity contribution >= 4 is 34.7 Å². The average Bonchev–Trinajstić information content (AvgIpc) is 3.45. The Kier molecular flexibility index (Phi) is 6.92. The minimum atomic E-state index is -0.231. The molecule has 3 aromatic rings. The van der Waals surface area contributed by atoms with Crippen LogP contribution in [0.15, 0.2) is 35.5 Å². The van der Waals surface area contributed by atoms with Crippen LogP contribution in [0.3, 0.4) is 0 Å². The normalized spacial score (nSPS) is 18.3. The highest BCUT2D eigenvalue weighted by atomic mass is 32.2. The van der Waals surface area contributed by atoms with Gasteiger partial charge in [-0.1, -0.05) is 25.1 Å². The van der Waals surface area contributed by atoms with Gasteiger partial charge >= 0.3 is 0 Å². The van der Waals surface area contributed by atoms with Crippen LogP contribution >= 0.6 is 23.1 Å². The lowest BCUT2D eigenvalue weighted by molar-refractivity contribution is -0.128. The number of carbonyl (C=O) groups is 1. The molecule has 3 heterocycles. The molecule has 2 aromatic heterocycles. The van der Waals surface area contributed by atoms with Crippen LogP contribution in [0.25, 0.3) is 10.7 Å². The molecule has 34 heavy (non-hydrogen) atoms. The molecule has 5 rings (SSSR count). The van der Waals surface area contributed by atoms with E-state index in [1.165, 1.54) is 64.9 Å². The summed E-state index contributed by atoms with van der Waals surface area (Å²) in [5, 5.41) is 9.60. The second-order valence-electron chi connectivity index (χ2n) is 9.07. The van der Waals surface area contributed by atoms with E-state index in [0.717, 1.165) is 35.7 Å². The van der Waals surface area contributed by atoms with Gasteiger partial charge in [-0.25, -0.2) is 4.39 Å². The van der Waals surface area contributed by atoms with Crippen LogP contribution in [0.5, 0.6) is 0 Å². The Morgan fingerprint density at radius 2 is 1.94 bits per heavy atom. The highest BCUT2D eigenvalue weighted by molar-refractivity contribution is 7.99. The maximum Gasteiger partial charge on any atom is 0.233 e. The summed E-state index contributed by atoms with van der Waals surface area (Å²) in [6.07, 6.45) is 4.86. The molecule has 6 nitrogen and oxygen atoms in total. The zero-order valence-electron chi connectivity index (χ0n) is 19.7. The third kappa shape index (κ3) is 4.86. The first kappa shape index (κ1) is 23.4. The molecule has 1 atom stereocenters. The third-order valence-corrected chi connectivity index (χ3v) is 9.20. The molecule has 1 saturated heterocycles. The number of rotatable bonds is 6. The molecule has 180 valence electrons. The number of benzene rings is 1. The van der Waals surface area contributed by atoms with Gasteiger partial charge in [0.25, 0.3) is 0 Å². The van der Waals surface area contributed by atoms with Gasteiger partial charge in [-0.05, 0) is 61.1 Å². The standard InChI is InChI=1S/C25H30FN5OS2/c1-3-17-4-9-21-18(14-17)15-22(34-21)24-27-28-25(29(24)2)33-16-23(32)31-12-10-30(11-13-31)20-7-5-19(26)6-8-20/h5-8,15,17H,3-4,9-14,16H2,1-2H3. The topological polar surface area (TPSA) is 54.3 Å². The van der Waals surface area contributed by atoms with Gasteiger partial charge in [-0.2, -0.15) is 0 Å². The number of nitrogens with zero attached hydrogens (tertiary/aromatic N) is 5. The molecule has 1 aliphatic heterocycles. The fraction of sp³-hybridized carbons (Fsp3) is 0.480. The molecule has 1 amide bonds. The van der Waals surface area contributed by atoms with Crippen molar-refractivity contribution < 1.29 is 9.18 Å². The van der Waals surface area contributed by atoms with Crippen LogP contribution in [-0.4, -0.2) is 57.5 Å².